The van der Waals surface area contributed by atoms with Gasteiger partial charge in [0.25, 0.3) is 0 Å². The molecule has 1 heterocycles. The van der Waals surface area contributed by atoms with Gasteiger partial charge >= 0.3 is 0 Å². The van der Waals surface area contributed by atoms with Crippen LogP contribution in [0, 0.1) is 11.7 Å². The average Bonchev–Trinajstić information content (AvgIpc) is 2.73. The number of hydrogen-bond donors (Lipinski definition) is 1. The summed E-state index contributed by atoms with van der Waals surface area (Å²) >= 11 is 0. The minimum atomic E-state index is -3.24. The summed E-state index contributed by atoms with van der Waals surface area (Å²) in [5.41, 5.74) is 1.94. The molecule has 0 bridgehead atoms. The summed E-state index contributed by atoms with van der Waals surface area (Å²) in [6.07, 6.45) is 3.69. The Balaban J connectivity index is 1.61. The molecule has 5 nitrogen and oxygen atoms in total. The Morgan fingerprint density at radius 1 is 1.17 bits per heavy atom. The molecule has 0 radical (unpaired) electrons. The van der Waals surface area contributed by atoms with Crippen molar-refractivity contribution in [2.24, 2.45) is 5.92 Å². The van der Waals surface area contributed by atoms with Crippen LogP contribution in [0.3, 0.4) is 0 Å². The lowest BCUT2D eigenvalue weighted by molar-refractivity contribution is -0.127. The summed E-state index contributed by atoms with van der Waals surface area (Å²) < 4.78 is 36.4. The molecule has 30 heavy (non-hydrogen) atoms. The summed E-state index contributed by atoms with van der Waals surface area (Å²) in [6, 6.07) is 13.1. The number of amides is 1. The minimum Gasteiger partial charge on any atom is -0.349 e. The second-order valence-electron chi connectivity index (χ2n) is 8.01. The Kier molecular flexibility index (Phi) is 7.26. The first kappa shape index (κ1) is 22.4. The Labute approximate surface area is 178 Å². The van der Waals surface area contributed by atoms with E-state index >= 15 is 0 Å². The third-order valence-corrected chi connectivity index (χ3v) is 6.76. The van der Waals surface area contributed by atoms with Crippen LogP contribution in [0.2, 0.25) is 0 Å². The Morgan fingerprint density at radius 2 is 1.83 bits per heavy atom. The maximum Gasteiger partial charge on any atom is 0.224 e. The number of hydrogen-bond acceptors (Lipinski definition) is 4. The van der Waals surface area contributed by atoms with Crippen LogP contribution in [0.5, 0.6) is 0 Å². The third kappa shape index (κ3) is 5.89. The van der Waals surface area contributed by atoms with Gasteiger partial charge in [-0.25, -0.2) is 12.8 Å². The van der Waals surface area contributed by atoms with E-state index in [1.807, 2.05) is 6.92 Å². The van der Waals surface area contributed by atoms with E-state index in [9.17, 15) is 17.6 Å². The molecule has 1 amide bonds. The number of carbonyl (C=O) groups is 1. The van der Waals surface area contributed by atoms with Gasteiger partial charge in [0.1, 0.15) is 5.82 Å². The van der Waals surface area contributed by atoms with Gasteiger partial charge in [-0.05, 0) is 61.2 Å². The van der Waals surface area contributed by atoms with Crippen molar-refractivity contribution in [2.45, 2.75) is 43.7 Å². The normalized spacial score (nSPS) is 18.7. The van der Waals surface area contributed by atoms with Crippen LogP contribution in [-0.2, 0) is 21.2 Å². The lowest BCUT2D eigenvalue weighted by Crippen LogP contribution is -2.43. The predicted octanol–water partition coefficient (Wildman–Crippen LogP) is 3.71. The molecule has 0 unspecified atom stereocenters. The van der Waals surface area contributed by atoms with E-state index in [1.54, 1.807) is 36.4 Å². The number of piperidine rings is 1. The molecule has 0 aliphatic carbocycles. The molecule has 1 saturated heterocycles. The van der Waals surface area contributed by atoms with E-state index in [-0.39, 0.29) is 28.6 Å². The zero-order valence-corrected chi connectivity index (χ0v) is 18.3. The second kappa shape index (κ2) is 9.71. The number of carbonyl (C=O) groups excluding carboxylic acids is 1. The smallest absolute Gasteiger partial charge is 0.224 e. The number of nitrogens with zero attached hydrogens (tertiary/aromatic N) is 1. The molecule has 1 aliphatic heterocycles. The highest BCUT2D eigenvalue weighted by molar-refractivity contribution is 7.90. The average molecular weight is 433 g/mol. The van der Waals surface area contributed by atoms with Gasteiger partial charge in [-0.2, -0.15) is 0 Å². The minimum absolute atomic E-state index is 0.0258. The highest BCUT2D eigenvalue weighted by Gasteiger charge is 2.27. The van der Waals surface area contributed by atoms with Crippen molar-refractivity contribution in [1.82, 2.24) is 10.2 Å². The van der Waals surface area contributed by atoms with Gasteiger partial charge in [-0.15, -0.1) is 0 Å². The van der Waals surface area contributed by atoms with Crippen LogP contribution in [0.25, 0.3) is 0 Å². The summed E-state index contributed by atoms with van der Waals surface area (Å²) in [5.74, 6) is -0.314. The highest BCUT2D eigenvalue weighted by atomic mass is 32.2. The molecule has 0 spiro atoms. The number of halogens is 1. The van der Waals surface area contributed by atoms with Gasteiger partial charge in [-0.1, -0.05) is 31.2 Å². The summed E-state index contributed by atoms with van der Waals surface area (Å²) in [5, 5.41) is 3.14. The Morgan fingerprint density at radius 3 is 2.43 bits per heavy atom. The van der Waals surface area contributed by atoms with Crippen molar-refractivity contribution < 1.29 is 17.6 Å². The van der Waals surface area contributed by atoms with Gasteiger partial charge in [-0.3, -0.25) is 9.69 Å². The largest absolute Gasteiger partial charge is 0.349 e. The molecular weight excluding hydrogens is 403 g/mol. The SMILES string of the molecule is CC[C@H](NC(=O)[C@H]1CCCN(Cc2ccc(F)cc2)C1)c1ccc(S(C)(=O)=O)cc1. The number of benzene rings is 2. The van der Waals surface area contributed by atoms with Crippen LogP contribution in [-0.4, -0.2) is 38.6 Å². The second-order valence-corrected chi connectivity index (χ2v) is 10.0. The monoisotopic (exact) mass is 432 g/mol. The van der Waals surface area contributed by atoms with Crippen molar-refractivity contribution in [1.29, 1.82) is 0 Å². The van der Waals surface area contributed by atoms with E-state index < -0.39 is 9.84 Å². The third-order valence-electron chi connectivity index (χ3n) is 5.63. The van der Waals surface area contributed by atoms with E-state index in [4.69, 9.17) is 0 Å². The summed E-state index contributed by atoms with van der Waals surface area (Å²) in [6.45, 7) is 4.29. The molecule has 2 atom stereocenters. The number of likely N-dealkylation sites (tertiary alicyclic amines) is 1. The Bertz CT molecular complexity index is 959. The lowest BCUT2D eigenvalue weighted by atomic mass is 9.95. The first-order valence-corrected chi connectivity index (χ1v) is 12.2. The Hall–Kier alpha value is -2.25. The maximum atomic E-state index is 13.1. The molecule has 1 N–H and O–H groups in total. The molecule has 0 aromatic heterocycles. The fourth-order valence-corrected chi connectivity index (χ4v) is 4.55. The zero-order valence-electron chi connectivity index (χ0n) is 17.5. The molecule has 0 saturated carbocycles. The zero-order chi connectivity index (χ0) is 21.7. The molecule has 7 heteroatoms. The van der Waals surface area contributed by atoms with E-state index in [2.05, 4.69) is 10.2 Å². The van der Waals surface area contributed by atoms with Crippen LogP contribution >= 0.6 is 0 Å². The highest BCUT2D eigenvalue weighted by Crippen LogP contribution is 2.23. The van der Waals surface area contributed by atoms with Crippen molar-refractivity contribution in [2.75, 3.05) is 19.3 Å². The molecular formula is C23H29FN2O3S. The topological polar surface area (TPSA) is 66.5 Å². The first-order chi connectivity index (χ1) is 14.3. The number of sulfone groups is 1. The fourth-order valence-electron chi connectivity index (χ4n) is 3.92. The molecule has 162 valence electrons. The molecule has 1 fully saturated rings. The van der Waals surface area contributed by atoms with Crippen molar-refractivity contribution in [3.63, 3.8) is 0 Å². The molecule has 3 rings (SSSR count). The fraction of sp³-hybridized carbons (Fsp3) is 0.435. The van der Waals surface area contributed by atoms with Crippen molar-refractivity contribution in [3.05, 3.63) is 65.5 Å². The lowest BCUT2D eigenvalue weighted by Gasteiger charge is -2.33. The number of nitrogens with one attached hydrogen (secondary N) is 1. The standard InChI is InChI=1S/C23H29FN2O3S/c1-3-22(18-8-12-21(13-9-18)30(2,28)29)25-23(27)19-5-4-14-26(16-19)15-17-6-10-20(24)11-7-17/h6-13,19,22H,3-5,14-16H2,1-2H3,(H,25,27)/t19-,22-/m0/s1. The van der Waals surface area contributed by atoms with Crippen LogP contribution in [0.1, 0.15) is 43.4 Å². The molecule has 2 aromatic rings. The van der Waals surface area contributed by atoms with Gasteiger partial charge < -0.3 is 5.32 Å². The van der Waals surface area contributed by atoms with E-state index in [0.29, 0.717) is 13.1 Å². The van der Waals surface area contributed by atoms with Crippen LogP contribution < -0.4 is 5.32 Å². The number of rotatable bonds is 7. The quantitative estimate of drug-likeness (QED) is 0.724. The van der Waals surface area contributed by atoms with Crippen LogP contribution in [0.4, 0.5) is 4.39 Å². The van der Waals surface area contributed by atoms with Crippen molar-refractivity contribution >= 4 is 15.7 Å². The van der Waals surface area contributed by atoms with E-state index in [1.165, 1.54) is 18.4 Å². The maximum absolute atomic E-state index is 13.1. The predicted molar refractivity (Wildman–Crippen MR) is 115 cm³/mol. The summed E-state index contributed by atoms with van der Waals surface area (Å²) in [4.78, 5) is 15.4. The van der Waals surface area contributed by atoms with Crippen LogP contribution in [0.15, 0.2) is 53.4 Å². The molecule has 1 aliphatic rings. The van der Waals surface area contributed by atoms with Gasteiger partial charge in [0, 0.05) is 19.3 Å². The van der Waals surface area contributed by atoms with E-state index in [0.717, 1.165) is 36.9 Å². The molecule has 2 aromatic carbocycles. The van der Waals surface area contributed by atoms with Gasteiger partial charge in [0.05, 0.1) is 16.9 Å². The first-order valence-electron chi connectivity index (χ1n) is 10.3. The van der Waals surface area contributed by atoms with Gasteiger partial charge in [0.2, 0.25) is 5.91 Å². The summed E-state index contributed by atoms with van der Waals surface area (Å²) in [7, 11) is -3.24. The van der Waals surface area contributed by atoms with Gasteiger partial charge in [0.15, 0.2) is 9.84 Å². The van der Waals surface area contributed by atoms with Crippen molar-refractivity contribution in [3.8, 4) is 0 Å².